The first kappa shape index (κ1) is 15.1. The molecule has 21 heavy (non-hydrogen) atoms. The maximum Gasteiger partial charge on any atom is 0.313 e. The highest BCUT2D eigenvalue weighted by Crippen LogP contribution is 2.15. The molecule has 0 saturated heterocycles. The van der Waals surface area contributed by atoms with Crippen molar-refractivity contribution in [3.8, 4) is 0 Å². The number of carbonyl (C=O) groups excluding carboxylic acids is 2. The van der Waals surface area contributed by atoms with Crippen molar-refractivity contribution < 1.29 is 9.59 Å². The number of rotatable bonds is 3. The van der Waals surface area contributed by atoms with Crippen LogP contribution in [0.3, 0.4) is 0 Å². The summed E-state index contributed by atoms with van der Waals surface area (Å²) >= 11 is 5.82. The average molecular weight is 303 g/mol. The zero-order valence-corrected chi connectivity index (χ0v) is 12.2. The molecule has 0 radical (unpaired) electrons. The van der Waals surface area contributed by atoms with Crippen molar-refractivity contribution in [1.82, 2.24) is 5.32 Å². The van der Waals surface area contributed by atoms with E-state index in [0.717, 1.165) is 5.56 Å². The first-order chi connectivity index (χ1) is 10.1. The normalized spacial score (nSPS) is 11.5. The van der Waals surface area contributed by atoms with Crippen LogP contribution >= 0.6 is 11.6 Å². The second-order valence-corrected chi connectivity index (χ2v) is 5.01. The zero-order valence-electron chi connectivity index (χ0n) is 11.5. The molecule has 0 heterocycles. The van der Waals surface area contributed by atoms with Crippen LogP contribution in [-0.4, -0.2) is 11.8 Å². The van der Waals surface area contributed by atoms with Crippen LogP contribution in [0, 0.1) is 0 Å². The fourth-order valence-electron chi connectivity index (χ4n) is 1.84. The number of carbonyl (C=O) groups is 2. The topological polar surface area (TPSA) is 58.2 Å². The van der Waals surface area contributed by atoms with E-state index in [-0.39, 0.29) is 6.04 Å². The minimum atomic E-state index is -0.722. The van der Waals surface area contributed by atoms with E-state index in [4.69, 9.17) is 11.6 Å². The average Bonchev–Trinajstić information content (AvgIpc) is 2.48. The largest absolute Gasteiger partial charge is 0.341 e. The van der Waals surface area contributed by atoms with Crippen molar-refractivity contribution in [2.24, 2.45) is 0 Å². The van der Waals surface area contributed by atoms with E-state index in [1.54, 1.807) is 24.3 Å². The summed E-state index contributed by atoms with van der Waals surface area (Å²) in [7, 11) is 0. The van der Waals surface area contributed by atoms with Crippen LogP contribution in [0.5, 0.6) is 0 Å². The number of benzene rings is 2. The first-order valence-corrected chi connectivity index (χ1v) is 6.86. The van der Waals surface area contributed by atoms with Gasteiger partial charge in [-0.3, -0.25) is 9.59 Å². The Hall–Kier alpha value is -2.33. The number of anilines is 1. The summed E-state index contributed by atoms with van der Waals surface area (Å²) in [6.07, 6.45) is 0. The fraction of sp³-hybridized carbons (Fsp3) is 0.125. The molecule has 0 aliphatic carbocycles. The molecule has 0 fully saturated rings. The zero-order chi connectivity index (χ0) is 15.2. The quantitative estimate of drug-likeness (QED) is 0.856. The Morgan fingerprint density at radius 1 is 1.00 bits per heavy atom. The summed E-state index contributed by atoms with van der Waals surface area (Å²) in [4.78, 5) is 23.7. The lowest BCUT2D eigenvalue weighted by atomic mass is 10.1. The van der Waals surface area contributed by atoms with Gasteiger partial charge >= 0.3 is 11.8 Å². The van der Waals surface area contributed by atoms with Gasteiger partial charge in [-0.25, -0.2) is 0 Å². The predicted octanol–water partition coefficient (Wildman–Crippen LogP) is 3.16. The maximum atomic E-state index is 11.9. The molecule has 0 saturated carbocycles. The third kappa shape index (κ3) is 4.33. The Labute approximate surface area is 128 Å². The van der Waals surface area contributed by atoms with Crippen LogP contribution < -0.4 is 10.6 Å². The number of amides is 2. The number of nitrogens with one attached hydrogen (secondary N) is 2. The molecule has 0 unspecified atom stereocenters. The predicted molar refractivity (Wildman–Crippen MR) is 83.1 cm³/mol. The van der Waals surface area contributed by atoms with Gasteiger partial charge in [0.1, 0.15) is 0 Å². The van der Waals surface area contributed by atoms with Crippen LogP contribution in [0.15, 0.2) is 54.6 Å². The van der Waals surface area contributed by atoms with Crippen LogP contribution in [0.25, 0.3) is 0 Å². The Morgan fingerprint density at radius 2 is 1.71 bits per heavy atom. The van der Waals surface area contributed by atoms with Crippen molar-refractivity contribution in [3.05, 3.63) is 65.2 Å². The van der Waals surface area contributed by atoms with Gasteiger partial charge in [0.2, 0.25) is 0 Å². The highest BCUT2D eigenvalue weighted by Gasteiger charge is 2.17. The van der Waals surface area contributed by atoms with Gasteiger partial charge in [-0.1, -0.05) is 48.0 Å². The molecule has 0 bridgehead atoms. The molecule has 0 spiro atoms. The summed E-state index contributed by atoms with van der Waals surface area (Å²) < 4.78 is 0. The van der Waals surface area contributed by atoms with E-state index in [0.29, 0.717) is 10.7 Å². The highest BCUT2D eigenvalue weighted by atomic mass is 35.5. The van der Waals surface area contributed by atoms with Gasteiger partial charge in [0.05, 0.1) is 6.04 Å². The van der Waals surface area contributed by atoms with Crippen molar-refractivity contribution in [2.75, 3.05) is 5.32 Å². The highest BCUT2D eigenvalue weighted by molar-refractivity contribution is 6.40. The first-order valence-electron chi connectivity index (χ1n) is 6.48. The van der Waals surface area contributed by atoms with E-state index in [1.165, 1.54) is 0 Å². The van der Waals surface area contributed by atoms with E-state index in [1.807, 2.05) is 37.3 Å². The van der Waals surface area contributed by atoms with E-state index < -0.39 is 11.8 Å². The molecule has 0 aliphatic heterocycles. The summed E-state index contributed by atoms with van der Waals surface area (Å²) in [5.74, 6) is -1.41. The molecule has 2 rings (SSSR count). The minimum absolute atomic E-state index is 0.246. The van der Waals surface area contributed by atoms with E-state index >= 15 is 0 Å². The number of hydrogen-bond acceptors (Lipinski definition) is 2. The van der Waals surface area contributed by atoms with Crippen LogP contribution in [0.2, 0.25) is 5.02 Å². The van der Waals surface area contributed by atoms with Gasteiger partial charge in [0.25, 0.3) is 0 Å². The third-order valence-electron chi connectivity index (χ3n) is 2.94. The summed E-state index contributed by atoms with van der Waals surface area (Å²) in [5, 5.41) is 5.64. The van der Waals surface area contributed by atoms with Crippen LogP contribution in [0.1, 0.15) is 18.5 Å². The molecular weight excluding hydrogens is 288 g/mol. The molecule has 0 aromatic heterocycles. The standard InChI is InChI=1S/C16H15ClN2O2/c1-11(12-6-3-2-4-7-12)18-15(20)16(21)19-14-9-5-8-13(17)10-14/h2-11H,1H3,(H,18,20)(H,19,21)/t11-/m0/s1. The van der Waals surface area contributed by atoms with Gasteiger partial charge in [-0.05, 0) is 30.7 Å². The molecule has 2 N–H and O–H groups in total. The lowest BCUT2D eigenvalue weighted by Gasteiger charge is -2.14. The Balaban J connectivity index is 1.95. The van der Waals surface area contributed by atoms with Crippen molar-refractivity contribution in [2.45, 2.75) is 13.0 Å². The Bertz CT molecular complexity index is 644. The Morgan fingerprint density at radius 3 is 2.38 bits per heavy atom. The van der Waals surface area contributed by atoms with Gasteiger partial charge in [0, 0.05) is 10.7 Å². The monoisotopic (exact) mass is 302 g/mol. The molecule has 2 aromatic rings. The lowest BCUT2D eigenvalue weighted by molar-refractivity contribution is -0.136. The Kier molecular flexibility index (Phi) is 4.95. The van der Waals surface area contributed by atoms with Crippen LogP contribution in [-0.2, 0) is 9.59 Å². The fourth-order valence-corrected chi connectivity index (χ4v) is 2.03. The van der Waals surface area contributed by atoms with Gasteiger partial charge in [0.15, 0.2) is 0 Å². The molecule has 2 amide bonds. The molecule has 0 aliphatic rings. The molecule has 2 aromatic carbocycles. The molecule has 1 atom stereocenters. The van der Waals surface area contributed by atoms with E-state index in [9.17, 15) is 9.59 Å². The van der Waals surface area contributed by atoms with Gasteiger partial charge in [-0.2, -0.15) is 0 Å². The third-order valence-corrected chi connectivity index (χ3v) is 3.17. The maximum absolute atomic E-state index is 11.9. The van der Waals surface area contributed by atoms with Crippen LogP contribution in [0.4, 0.5) is 5.69 Å². The minimum Gasteiger partial charge on any atom is -0.341 e. The van der Waals surface area contributed by atoms with Crippen molar-refractivity contribution in [3.63, 3.8) is 0 Å². The number of hydrogen-bond donors (Lipinski definition) is 2. The molecule has 108 valence electrons. The number of halogens is 1. The summed E-state index contributed by atoms with van der Waals surface area (Å²) in [6, 6.07) is 15.8. The van der Waals surface area contributed by atoms with E-state index in [2.05, 4.69) is 10.6 Å². The van der Waals surface area contributed by atoms with Gasteiger partial charge in [-0.15, -0.1) is 0 Å². The summed E-state index contributed by atoms with van der Waals surface area (Å²) in [6.45, 7) is 1.82. The van der Waals surface area contributed by atoms with Crippen molar-refractivity contribution in [1.29, 1.82) is 0 Å². The second-order valence-electron chi connectivity index (χ2n) is 4.57. The second kappa shape index (κ2) is 6.90. The summed E-state index contributed by atoms with van der Waals surface area (Å²) in [5.41, 5.74) is 1.41. The molecule has 4 nitrogen and oxygen atoms in total. The smallest absolute Gasteiger partial charge is 0.313 e. The molecule has 5 heteroatoms. The molecular formula is C16H15ClN2O2. The lowest BCUT2D eigenvalue weighted by Crippen LogP contribution is -2.36. The van der Waals surface area contributed by atoms with Crippen molar-refractivity contribution >= 4 is 29.1 Å². The SMILES string of the molecule is C[C@H](NC(=O)C(=O)Nc1cccc(Cl)c1)c1ccccc1. The van der Waals surface area contributed by atoms with Gasteiger partial charge < -0.3 is 10.6 Å².